The number of nitrogens with one attached hydrogen (secondary N) is 1. The zero-order valence-electron chi connectivity index (χ0n) is 17.8. The smallest absolute Gasteiger partial charge is 0.245 e. The summed E-state index contributed by atoms with van der Waals surface area (Å²) in [6.45, 7) is 10.9. The molecule has 1 fully saturated rings. The summed E-state index contributed by atoms with van der Waals surface area (Å²) in [5.41, 5.74) is 7.99. The van der Waals surface area contributed by atoms with Gasteiger partial charge in [-0.05, 0) is 53.6 Å². The molecule has 2 amide bonds. The van der Waals surface area contributed by atoms with Crippen molar-refractivity contribution in [1.82, 2.24) is 5.43 Å². The van der Waals surface area contributed by atoms with E-state index in [2.05, 4.69) is 43.4 Å². The molecule has 1 aliphatic rings. The Balaban J connectivity index is 1.59. The zero-order chi connectivity index (χ0) is 21.2. The summed E-state index contributed by atoms with van der Waals surface area (Å²) in [5.74, 6) is -0.660. The van der Waals surface area contributed by atoms with Gasteiger partial charge < -0.3 is 4.90 Å². The van der Waals surface area contributed by atoms with E-state index in [4.69, 9.17) is 0 Å². The maximum Gasteiger partial charge on any atom is 0.245 e. The Morgan fingerprint density at radius 1 is 1.10 bits per heavy atom. The molecule has 5 nitrogen and oxygen atoms in total. The van der Waals surface area contributed by atoms with Gasteiger partial charge in [0.1, 0.15) is 0 Å². The number of hydrazone groups is 1. The molecule has 0 unspecified atom stereocenters. The van der Waals surface area contributed by atoms with Crippen LogP contribution in [0.25, 0.3) is 0 Å². The number of anilines is 1. The van der Waals surface area contributed by atoms with Crippen LogP contribution < -0.4 is 10.3 Å². The van der Waals surface area contributed by atoms with Crippen LogP contribution in [0.4, 0.5) is 5.69 Å². The van der Waals surface area contributed by atoms with Gasteiger partial charge in [-0.2, -0.15) is 5.10 Å². The molecule has 2 aromatic rings. The highest BCUT2D eigenvalue weighted by Gasteiger charge is 2.35. The topological polar surface area (TPSA) is 61.8 Å². The van der Waals surface area contributed by atoms with Crippen LogP contribution >= 0.6 is 0 Å². The quantitative estimate of drug-likeness (QED) is 0.630. The highest BCUT2D eigenvalue weighted by atomic mass is 16.2. The third-order valence-corrected chi connectivity index (χ3v) is 5.46. The molecule has 0 bridgehead atoms. The van der Waals surface area contributed by atoms with Crippen molar-refractivity contribution < 1.29 is 9.59 Å². The average Bonchev–Trinajstić information content (AvgIpc) is 3.05. The maximum atomic E-state index is 12.5. The standard InChI is InChI=1S/C24H29N3O2/c1-16-6-11-21(12-17(16)2)27-15-19(13-22(27)28)23(29)26-25-14-18-7-9-20(10-8-18)24(3,4)5/h6-12,14,19H,13,15H2,1-5H3,(H,26,29)/b25-14-/t19-/m0/s1. The van der Waals surface area contributed by atoms with Gasteiger partial charge in [0, 0.05) is 18.7 Å². The molecule has 0 radical (unpaired) electrons. The second-order valence-electron chi connectivity index (χ2n) is 8.78. The van der Waals surface area contributed by atoms with Crippen LogP contribution in [0.3, 0.4) is 0 Å². The van der Waals surface area contributed by atoms with E-state index in [1.54, 1.807) is 11.1 Å². The Bertz CT molecular complexity index is 940. The van der Waals surface area contributed by atoms with Crippen LogP contribution in [0.1, 0.15) is 49.4 Å². The first kappa shape index (κ1) is 20.8. The van der Waals surface area contributed by atoms with Crippen molar-refractivity contribution in [1.29, 1.82) is 0 Å². The van der Waals surface area contributed by atoms with Crippen LogP contribution in [0, 0.1) is 19.8 Å². The average molecular weight is 392 g/mol. The SMILES string of the molecule is Cc1ccc(N2C[C@@H](C(=O)N/N=C\c3ccc(C(C)(C)C)cc3)CC2=O)cc1C. The number of rotatable bonds is 4. The van der Waals surface area contributed by atoms with Crippen LogP contribution in [0.15, 0.2) is 47.6 Å². The lowest BCUT2D eigenvalue weighted by molar-refractivity contribution is -0.126. The molecule has 1 heterocycles. The number of benzene rings is 2. The summed E-state index contributed by atoms with van der Waals surface area (Å²) in [6.07, 6.45) is 1.83. The van der Waals surface area contributed by atoms with Gasteiger partial charge >= 0.3 is 0 Å². The van der Waals surface area contributed by atoms with Crippen LogP contribution in [-0.4, -0.2) is 24.6 Å². The normalized spacial score (nSPS) is 17.2. The van der Waals surface area contributed by atoms with Gasteiger partial charge in [0.25, 0.3) is 0 Å². The first-order chi connectivity index (χ1) is 13.6. The van der Waals surface area contributed by atoms with E-state index in [1.807, 2.05) is 44.2 Å². The Hall–Kier alpha value is -2.95. The zero-order valence-corrected chi connectivity index (χ0v) is 17.8. The lowest BCUT2D eigenvalue weighted by Crippen LogP contribution is -2.30. The molecule has 3 rings (SSSR count). The van der Waals surface area contributed by atoms with Crippen molar-refractivity contribution in [3.63, 3.8) is 0 Å². The third kappa shape index (κ3) is 4.91. The van der Waals surface area contributed by atoms with E-state index in [9.17, 15) is 9.59 Å². The minimum Gasteiger partial charge on any atom is -0.312 e. The molecule has 2 aromatic carbocycles. The summed E-state index contributed by atoms with van der Waals surface area (Å²) in [7, 11) is 0. The van der Waals surface area contributed by atoms with Gasteiger partial charge in [-0.25, -0.2) is 5.43 Å². The number of carbonyl (C=O) groups is 2. The predicted octanol–water partition coefficient (Wildman–Crippen LogP) is 4.10. The highest BCUT2D eigenvalue weighted by Crippen LogP contribution is 2.27. The lowest BCUT2D eigenvalue weighted by Gasteiger charge is -2.18. The van der Waals surface area contributed by atoms with Gasteiger partial charge in [0.2, 0.25) is 11.8 Å². The Morgan fingerprint density at radius 3 is 2.41 bits per heavy atom. The largest absolute Gasteiger partial charge is 0.312 e. The minimum absolute atomic E-state index is 0.0323. The van der Waals surface area contributed by atoms with Crippen molar-refractivity contribution in [3.8, 4) is 0 Å². The number of carbonyl (C=O) groups excluding carboxylic acids is 2. The minimum atomic E-state index is -0.399. The van der Waals surface area contributed by atoms with E-state index < -0.39 is 5.92 Å². The molecule has 0 spiro atoms. The molecular weight excluding hydrogens is 362 g/mol. The first-order valence-electron chi connectivity index (χ1n) is 9.96. The van der Waals surface area contributed by atoms with Crippen LogP contribution in [0.5, 0.6) is 0 Å². The van der Waals surface area contributed by atoms with Gasteiger partial charge in [-0.3, -0.25) is 9.59 Å². The number of nitrogens with zero attached hydrogens (tertiary/aromatic N) is 2. The van der Waals surface area contributed by atoms with Crippen molar-refractivity contribution in [2.24, 2.45) is 11.0 Å². The van der Waals surface area contributed by atoms with Crippen molar-refractivity contribution in [3.05, 3.63) is 64.7 Å². The number of amides is 2. The molecule has 0 aromatic heterocycles. The molecular formula is C24H29N3O2. The molecule has 5 heteroatoms. The number of hydrogen-bond acceptors (Lipinski definition) is 3. The van der Waals surface area contributed by atoms with E-state index >= 15 is 0 Å². The fourth-order valence-electron chi connectivity index (χ4n) is 3.36. The van der Waals surface area contributed by atoms with E-state index in [1.165, 1.54) is 11.1 Å². The van der Waals surface area contributed by atoms with Gasteiger partial charge in [0.15, 0.2) is 0 Å². The van der Waals surface area contributed by atoms with Crippen LogP contribution in [0.2, 0.25) is 0 Å². The maximum absolute atomic E-state index is 12.5. The Morgan fingerprint density at radius 2 is 1.79 bits per heavy atom. The first-order valence-corrected chi connectivity index (χ1v) is 9.96. The second kappa shape index (κ2) is 8.19. The monoisotopic (exact) mass is 391 g/mol. The van der Waals surface area contributed by atoms with Crippen molar-refractivity contribution in [2.45, 2.75) is 46.5 Å². The van der Waals surface area contributed by atoms with Gasteiger partial charge in [-0.15, -0.1) is 0 Å². The van der Waals surface area contributed by atoms with Gasteiger partial charge in [0.05, 0.1) is 12.1 Å². The summed E-state index contributed by atoms with van der Waals surface area (Å²) in [6, 6.07) is 14.0. The van der Waals surface area contributed by atoms with Crippen molar-refractivity contribution in [2.75, 3.05) is 11.4 Å². The summed E-state index contributed by atoms with van der Waals surface area (Å²) >= 11 is 0. The Labute approximate surface area is 172 Å². The summed E-state index contributed by atoms with van der Waals surface area (Å²) in [5, 5.41) is 4.07. The third-order valence-electron chi connectivity index (χ3n) is 5.46. The van der Waals surface area contributed by atoms with Crippen molar-refractivity contribution >= 4 is 23.7 Å². The predicted molar refractivity (Wildman–Crippen MR) is 117 cm³/mol. The molecule has 1 aliphatic heterocycles. The van der Waals surface area contributed by atoms with Gasteiger partial charge in [-0.1, -0.05) is 51.1 Å². The summed E-state index contributed by atoms with van der Waals surface area (Å²) in [4.78, 5) is 26.5. The van der Waals surface area contributed by atoms with Crippen LogP contribution in [-0.2, 0) is 15.0 Å². The number of aryl methyl sites for hydroxylation is 2. The van der Waals surface area contributed by atoms with E-state index in [0.717, 1.165) is 16.8 Å². The molecule has 1 N–H and O–H groups in total. The lowest BCUT2D eigenvalue weighted by atomic mass is 9.87. The fourth-order valence-corrected chi connectivity index (χ4v) is 3.36. The summed E-state index contributed by atoms with van der Waals surface area (Å²) < 4.78 is 0. The fraction of sp³-hybridized carbons (Fsp3) is 0.375. The molecule has 1 atom stereocenters. The van der Waals surface area contributed by atoms with E-state index in [0.29, 0.717) is 6.54 Å². The molecule has 1 saturated heterocycles. The Kier molecular flexibility index (Phi) is 5.87. The highest BCUT2D eigenvalue weighted by molar-refractivity contribution is 6.00. The second-order valence-corrected chi connectivity index (χ2v) is 8.78. The molecule has 152 valence electrons. The molecule has 0 saturated carbocycles. The number of hydrogen-bond donors (Lipinski definition) is 1. The molecule has 29 heavy (non-hydrogen) atoms. The molecule has 0 aliphatic carbocycles. The van der Waals surface area contributed by atoms with E-state index in [-0.39, 0.29) is 23.7 Å².